The molecule has 0 N–H and O–H groups in total. The predicted octanol–water partition coefficient (Wildman–Crippen LogP) is 9.72. The van der Waals surface area contributed by atoms with Crippen molar-refractivity contribution in [3.05, 3.63) is 131 Å². The third-order valence-electron chi connectivity index (χ3n) is 8.38. The van der Waals surface area contributed by atoms with Crippen LogP contribution in [0.5, 0.6) is 11.5 Å². The standard InChI is InChI=1S/C38H34N4O/c1-24-17-25(2)37(26(3)18-24)30-19-31(42-23-41-28(5)27(4)40-38(41)34-13-6-7-15-36(34)42)22-33(21-30)43-32-12-10-11-29(20-32)35-14-8-9-16-39-35/h6-22H,23H2,1-5H3. The molecular formula is C38H34N4O. The zero-order valence-corrected chi connectivity index (χ0v) is 25.2. The molecule has 2 aromatic heterocycles. The number of para-hydroxylation sites is 1. The summed E-state index contributed by atoms with van der Waals surface area (Å²) in [6.45, 7) is 11.4. The number of imidazole rings is 1. The van der Waals surface area contributed by atoms with E-state index >= 15 is 0 Å². The zero-order valence-electron chi connectivity index (χ0n) is 25.2. The highest BCUT2D eigenvalue weighted by molar-refractivity contribution is 5.84. The molecule has 3 heterocycles. The fourth-order valence-electron chi connectivity index (χ4n) is 6.34. The lowest BCUT2D eigenvalue weighted by Gasteiger charge is -2.33. The number of fused-ring (bicyclic) bond motifs is 3. The second-order valence-electron chi connectivity index (χ2n) is 11.5. The van der Waals surface area contributed by atoms with Gasteiger partial charge in [0.1, 0.15) is 24.0 Å². The number of nitrogens with zero attached hydrogens (tertiary/aromatic N) is 4. The van der Waals surface area contributed by atoms with Gasteiger partial charge in [0.2, 0.25) is 0 Å². The molecule has 0 atom stereocenters. The molecule has 212 valence electrons. The summed E-state index contributed by atoms with van der Waals surface area (Å²) in [6, 6.07) is 33.7. The van der Waals surface area contributed by atoms with Gasteiger partial charge in [-0.3, -0.25) is 4.98 Å². The van der Waals surface area contributed by atoms with Gasteiger partial charge < -0.3 is 14.2 Å². The molecule has 1 aliphatic heterocycles. The van der Waals surface area contributed by atoms with Crippen molar-refractivity contribution in [1.82, 2.24) is 14.5 Å². The minimum atomic E-state index is 0.670. The molecular weight excluding hydrogens is 528 g/mol. The quantitative estimate of drug-likeness (QED) is 0.210. The summed E-state index contributed by atoms with van der Waals surface area (Å²) in [4.78, 5) is 11.8. The van der Waals surface area contributed by atoms with Crippen LogP contribution in [0.4, 0.5) is 11.4 Å². The molecule has 0 amide bonds. The number of hydrogen-bond acceptors (Lipinski definition) is 4. The molecule has 0 saturated heterocycles. The van der Waals surface area contributed by atoms with E-state index in [1.165, 1.54) is 27.9 Å². The Balaban J connectivity index is 1.38. The predicted molar refractivity (Wildman–Crippen MR) is 175 cm³/mol. The molecule has 0 bridgehead atoms. The maximum absolute atomic E-state index is 6.65. The summed E-state index contributed by atoms with van der Waals surface area (Å²) in [7, 11) is 0. The summed E-state index contributed by atoms with van der Waals surface area (Å²) >= 11 is 0. The van der Waals surface area contributed by atoms with Crippen LogP contribution >= 0.6 is 0 Å². The number of hydrogen-bond donors (Lipinski definition) is 0. The normalized spacial score (nSPS) is 12.2. The highest BCUT2D eigenvalue weighted by Crippen LogP contribution is 2.44. The first kappa shape index (κ1) is 26.7. The first-order chi connectivity index (χ1) is 20.9. The Hall–Kier alpha value is -5.16. The number of aromatic nitrogens is 3. The lowest BCUT2D eigenvalue weighted by Crippen LogP contribution is -2.27. The lowest BCUT2D eigenvalue weighted by atomic mass is 9.93. The van der Waals surface area contributed by atoms with Crippen molar-refractivity contribution in [2.45, 2.75) is 41.3 Å². The molecule has 0 fully saturated rings. The molecule has 0 spiro atoms. The van der Waals surface area contributed by atoms with Crippen molar-refractivity contribution < 1.29 is 4.74 Å². The van der Waals surface area contributed by atoms with E-state index in [1.54, 1.807) is 0 Å². The summed E-state index contributed by atoms with van der Waals surface area (Å²) in [5.41, 5.74) is 13.6. The van der Waals surface area contributed by atoms with Crippen LogP contribution in [0.25, 0.3) is 33.8 Å². The van der Waals surface area contributed by atoms with Crippen molar-refractivity contribution in [2.24, 2.45) is 0 Å². The Bertz CT molecular complexity index is 1970. The van der Waals surface area contributed by atoms with Crippen molar-refractivity contribution in [2.75, 3.05) is 4.90 Å². The third-order valence-corrected chi connectivity index (χ3v) is 8.38. The first-order valence-corrected chi connectivity index (χ1v) is 14.7. The molecule has 43 heavy (non-hydrogen) atoms. The monoisotopic (exact) mass is 562 g/mol. The van der Waals surface area contributed by atoms with Crippen molar-refractivity contribution in [3.8, 4) is 45.3 Å². The van der Waals surface area contributed by atoms with Gasteiger partial charge in [-0.2, -0.15) is 0 Å². The van der Waals surface area contributed by atoms with Gasteiger partial charge >= 0.3 is 0 Å². The van der Waals surface area contributed by atoms with Gasteiger partial charge in [0.15, 0.2) is 0 Å². The minimum absolute atomic E-state index is 0.670. The van der Waals surface area contributed by atoms with E-state index in [4.69, 9.17) is 9.72 Å². The van der Waals surface area contributed by atoms with Gasteiger partial charge in [-0.15, -0.1) is 0 Å². The van der Waals surface area contributed by atoms with Gasteiger partial charge in [0.05, 0.1) is 17.1 Å². The van der Waals surface area contributed by atoms with Gasteiger partial charge in [0.25, 0.3) is 0 Å². The maximum Gasteiger partial charge on any atom is 0.144 e. The highest BCUT2D eigenvalue weighted by atomic mass is 16.5. The highest BCUT2D eigenvalue weighted by Gasteiger charge is 2.27. The average molecular weight is 563 g/mol. The first-order valence-electron chi connectivity index (χ1n) is 14.7. The lowest BCUT2D eigenvalue weighted by molar-refractivity contribution is 0.483. The molecule has 0 radical (unpaired) electrons. The Kier molecular flexibility index (Phi) is 6.58. The topological polar surface area (TPSA) is 43.2 Å². The fourth-order valence-corrected chi connectivity index (χ4v) is 6.34. The molecule has 6 aromatic rings. The van der Waals surface area contributed by atoms with Crippen LogP contribution in [-0.4, -0.2) is 14.5 Å². The average Bonchev–Trinajstić information content (AvgIpc) is 3.29. The molecule has 4 aromatic carbocycles. The largest absolute Gasteiger partial charge is 0.457 e. The van der Waals surface area contributed by atoms with Gasteiger partial charge in [-0.1, -0.05) is 48.0 Å². The number of anilines is 2. The Morgan fingerprint density at radius 3 is 2.26 bits per heavy atom. The van der Waals surface area contributed by atoms with Crippen molar-refractivity contribution >= 4 is 11.4 Å². The SMILES string of the molecule is Cc1cc(C)c(-c2cc(Oc3cccc(-c4ccccn4)c3)cc(N3Cn4c(nc(C)c4C)-c4ccccc43)c2)c(C)c1. The van der Waals surface area contributed by atoms with E-state index in [2.05, 4.69) is 116 Å². The van der Waals surface area contributed by atoms with E-state index in [0.717, 1.165) is 56.8 Å². The molecule has 0 aliphatic carbocycles. The van der Waals surface area contributed by atoms with Crippen molar-refractivity contribution in [3.63, 3.8) is 0 Å². The fraction of sp³-hybridized carbons (Fsp3) is 0.158. The minimum Gasteiger partial charge on any atom is -0.457 e. The van der Waals surface area contributed by atoms with Gasteiger partial charge in [0, 0.05) is 34.8 Å². The van der Waals surface area contributed by atoms with E-state index in [0.29, 0.717) is 6.67 Å². The van der Waals surface area contributed by atoms with E-state index in [-0.39, 0.29) is 0 Å². The van der Waals surface area contributed by atoms with Crippen LogP contribution in [-0.2, 0) is 6.67 Å². The molecule has 5 nitrogen and oxygen atoms in total. The summed E-state index contributed by atoms with van der Waals surface area (Å²) < 4.78 is 8.96. The molecule has 0 saturated carbocycles. The van der Waals surface area contributed by atoms with Crippen LogP contribution in [0.2, 0.25) is 0 Å². The zero-order chi connectivity index (χ0) is 29.7. The third kappa shape index (κ3) is 4.87. The number of benzene rings is 4. The summed E-state index contributed by atoms with van der Waals surface area (Å²) in [6.07, 6.45) is 1.82. The second-order valence-corrected chi connectivity index (χ2v) is 11.5. The van der Waals surface area contributed by atoms with Crippen LogP contribution in [0, 0.1) is 34.6 Å². The summed E-state index contributed by atoms with van der Waals surface area (Å²) in [5.74, 6) is 2.57. The summed E-state index contributed by atoms with van der Waals surface area (Å²) in [5, 5.41) is 0. The van der Waals surface area contributed by atoms with Crippen LogP contribution in [0.15, 0.2) is 103 Å². The Morgan fingerprint density at radius 2 is 1.47 bits per heavy atom. The van der Waals surface area contributed by atoms with Crippen LogP contribution in [0.3, 0.4) is 0 Å². The van der Waals surface area contributed by atoms with Gasteiger partial charge in [-0.25, -0.2) is 4.98 Å². The number of pyridine rings is 1. The van der Waals surface area contributed by atoms with Gasteiger partial charge in [-0.05, 0) is 105 Å². The second kappa shape index (κ2) is 10.6. The Labute approximate surface area is 253 Å². The van der Waals surface area contributed by atoms with Crippen LogP contribution in [0.1, 0.15) is 28.1 Å². The number of ether oxygens (including phenoxy) is 1. The van der Waals surface area contributed by atoms with E-state index in [1.807, 2.05) is 36.5 Å². The molecule has 7 rings (SSSR count). The molecule has 0 unspecified atom stereocenters. The van der Waals surface area contributed by atoms with E-state index < -0.39 is 0 Å². The van der Waals surface area contributed by atoms with Crippen molar-refractivity contribution in [1.29, 1.82) is 0 Å². The Morgan fingerprint density at radius 1 is 0.698 bits per heavy atom. The number of aryl methyl sites for hydroxylation is 4. The molecule has 1 aliphatic rings. The van der Waals surface area contributed by atoms with Crippen LogP contribution < -0.4 is 9.64 Å². The maximum atomic E-state index is 6.65. The molecule has 5 heteroatoms. The number of rotatable bonds is 5. The van der Waals surface area contributed by atoms with E-state index in [9.17, 15) is 0 Å². The smallest absolute Gasteiger partial charge is 0.144 e.